The van der Waals surface area contributed by atoms with Crippen LogP contribution in [-0.2, 0) is 4.79 Å². The first-order chi connectivity index (χ1) is 10.2. The van der Waals surface area contributed by atoms with E-state index in [2.05, 4.69) is 26.2 Å². The van der Waals surface area contributed by atoms with Gasteiger partial charge < -0.3 is 10.3 Å². The van der Waals surface area contributed by atoms with Gasteiger partial charge in [0.2, 0.25) is 5.91 Å². The minimum absolute atomic E-state index is 0.154. The van der Waals surface area contributed by atoms with E-state index in [1.54, 1.807) is 0 Å². The molecule has 0 aliphatic rings. The summed E-state index contributed by atoms with van der Waals surface area (Å²) in [7, 11) is 0. The number of carbonyl (C=O) groups excluding carboxylic acids is 1. The van der Waals surface area contributed by atoms with Gasteiger partial charge in [-0.25, -0.2) is 0 Å². The Morgan fingerprint density at radius 1 is 1.14 bits per heavy atom. The third-order valence-electron chi connectivity index (χ3n) is 3.13. The number of H-pyrrole nitrogens is 1. The van der Waals surface area contributed by atoms with E-state index in [0.717, 1.165) is 26.6 Å². The number of rotatable bonds is 3. The fourth-order valence-electron chi connectivity index (χ4n) is 2.15. The van der Waals surface area contributed by atoms with E-state index in [1.165, 1.54) is 6.08 Å². The topological polar surface area (TPSA) is 44.9 Å². The van der Waals surface area contributed by atoms with Gasteiger partial charge in [-0.2, -0.15) is 0 Å². The summed E-state index contributed by atoms with van der Waals surface area (Å²) < 4.78 is 0.931. The molecule has 2 N–H and O–H groups in total. The first-order valence-corrected chi connectivity index (χ1v) is 7.32. The van der Waals surface area contributed by atoms with Gasteiger partial charge in [0, 0.05) is 33.3 Å². The van der Waals surface area contributed by atoms with Gasteiger partial charge in [-0.15, -0.1) is 0 Å². The highest BCUT2D eigenvalue weighted by Crippen LogP contribution is 2.19. The van der Waals surface area contributed by atoms with Gasteiger partial charge in [-0.3, -0.25) is 4.79 Å². The Kier molecular flexibility index (Phi) is 3.88. The molecular weight excluding hydrogens is 328 g/mol. The maximum Gasteiger partial charge on any atom is 0.248 e. The summed E-state index contributed by atoms with van der Waals surface area (Å²) in [5.74, 6) is -0.154. The van der Waals surface area contributed by atoms with E-state index in [9.17, 15) is 4.79 Å². The average Bonchev–Trinajstić information content (AvgIpc) is 2.88. The third-order valence-corrected chi connectivity index (χ3v) is 3.62. The van der Waals surface area contributed by atoms with Crippen LogP contribution in [0.25, 0.3) is 17.0 Å². The summed E-state index contributed by atoms with van der Waals surface area (Å²) in [5, 5.41) is 3.93. The Hall–Kier alpha value is -2.33. The predicted molar refractivity (Wildman–Crippen MR) is 90.1 cm³/mol. The van der Waals surface area contributed by atoms with Crippen molar-refractivity contribution >= 4 is 44.5 Å². The van der Waals surface area contributed by atoms with E-state index in [0.29, 0.717) is 0 Å². The van der Waals surface area contributed by atoms with Crippen molar-refractivity contribution in [3.05, 3.63) is 70.8 Å². The second-order valence-corrected chi connectivity index (χ2v) is 5.54. The minimum Gasteiger partial charge on any atom is -0.361 e. The van der Waals surface area contributed by atoms with Crippen molar-refractivity contribution in [1.29, 1.82) is 0 Å². The van der Waals surface area contributed by atoms with Gasteiger partial charge in [-0.05, 0) is 35.9 Å². The van der Waals surface area contributed by atoms with Crippen LogP contribution in [0.3, 0.4) is 0 Å². The van der Waals surface area contributed by atoms with Crippen LogP contribution in [0.15, 0.2) is 65.3 Å². The van der Waals surface area contributed by atoms with Crippen LogP contribution < -0.4 is 5.32 Å². The van der Waals surface area contributed by atoms with Gasteiger partial charge in [-0.1, -0.05) is 40.2 Å². The van der Waals surface area contributed by atoms with E-state index in [-0.39, 0.29) is 5.91 Å². The zero-order valence-electron chi connectivity index (χ0n) is 11.1. The maximum atomic E-state index is 11.9. The van der Waals surface area contributed by atoms with Crippen molar-refractivity contribution in [2.75, 3.05) is 5.32 Å². The standard InChI is InChI=1S/C17H13BrN2O/c18-13-4-3-5-14(10-13)20-17(21)9-8-12-11-19-16-7-2-1-6-15(12)16/h1-11,19H,(H,20,21)/b9-8+. The first-order valence-electron chi connectivity index (χ1n) is 6.53. The van der Waals surface area contributed by atoms with Gasteiger partial charge in [0.05, 0.1) is 0 Å². The number of hydrogen-bond acceptors (Lipinski definition) is 1. The molecule has 3 aromatic rings. The molecule has 1 heterocycles. The Balaban J connectivity index is 1.75. The smallest absolute Gasteiger partial charge is 0.248 e. The number of aromatic nitrogens is 1. The second-order valence-electron chi connectivity index (χ2n) is 4.62. The van der Waals surface area contributed by atoms with Crippen molar-refractivity contribution in [3.63, 3.8) is 0 Å². The molecule has 1 amide bonds. The highest BCUT2D eigenvalue weighted by molar-refractivity contribution is 9.10. The Bertz CT molecular complexity index is 820. The summed E-state index contributed by atoms with van der Waals surface area (Å²) >= 11 is 3.38. The Morgan fingerprint density at radius 2 is 2.00 bits per heavy atom. The number of carbonyl (C=O) groups is 1. The molecule has 0 saturated heterocycles. The Morgan fingerprint density at radius 3 is 2.86 bits per heavy atom. The average molecular weight is 341 g/mol. The number of fused-ring (bicyclic) bond motifs is 1. The molecule has 0 unspecified atom stereocenters. The molecule has 0 saturated carbocycles. The fourth-order valence-corrected chi connectivity index (χ4v) is 2.55. The van der Waals surface area contributed by atoms with Crippen molar-refractivity contribution in [2.24, 2.45) is 0 Å². The summed E-state index contributed by atoms with van der Waals surface area (Å²) in [6, 6.07) is 15.5. The molecule has 0 aliphatic heterocycles. The molecule has 0 fully saturated rings. The molecule has 0 radical (unpaired) electrons. The molecular formula is C17H13BrN2O. The van der Waals surface area contributed by atoms with E-state index in [4.69, 9.17) is 0 Å². The molecule has 2 aromatic carbocycles. The molecule has 0 aliphatic carbocycles. The molecule has 104 valence electrons. The lowest BCUT2D eigenvalue weighted by atomic mass is 10.1. The highest BCUT2D eigenvalue weighted by Gasteiger charge is 2.01. The number of hydrogen-bond donors (Lipinski definition) is 2. The van der Waals surface area contributed by atoms with Crippen molar-refractivity contribution in [2.45, 2.75) is 0 Å². The molecule has 3 rings (SSSR count). The van der Waals surface area contributed by atoms with Crippen molar-refractivity contribution in [3.8, 4) is 0 Å². The number of para-hydroxylation sites is 1. The zero-order chi connectivity index (χ0) is 14.7. The quantitative estimate of drug-likeness (QED) is 0.673. The zero-order valence-corrected chi connectivity index (χ0v) is 12.7. The SMILES string of the molecule is O=C(/C=C/c1c[nH]c2ccccc12)Nc1cccc(Br)c1. The summed E-state index contributed by atoms with van der Waals surface area (Å²) in [4.78, 5) is 15.1. The maximum absolute atomic E-state index is 11.9. The summed E-state index contributed by atoms with van der Waals surface area (Å²) in [6.45, 7) is 0. The first kappa shape index (κ1) is 13.6. The molecule has 0 spiro atoms. The van der Waals surface area contributed by atoms with Gasteiger partial charge in [0.1, 0.15) is 0 Å². The molecule has 3 nitrogen and oxygen atoms in total. The number of benzene rings is 2. The number of aromatic amines is 1. The summed E-state index contributed by atoms with van der Waals surface area (Å²) in [6.07, 6.45) is 5.25. The lowest BCUT2D eigenvalue weighted by Crippen LogP contribution is -2.07. The van der Waals surface area contributed by atoms with Crippen LogP contribution in [0.5, 0.6) is 0 Å². The van der Waals surface area contributed by atoms with Crippen LogP contribution in [0.4, 0.5) is 5.69 Å². The molecule has 4 heteroatoms. The van der Waals surface area contributed by atoms with Crippen LogP contribution in [-0.4, -0.2) is 10.9 Å². The van der Waals surface area contributed by atoms with E-state index >= 15 is 0 Å². The number of anilines is 1. The Labute approximate surface area is 130 Å². The largest absolute Gasteiger partial charge is 0.361 e. The van der Waals surface area contributed by atoms with Crippen LogP contribution in [0.2, 0.25) is 0 Å². The van der Waals surface area contributed by atoms with Crippen molar-refractivity contribution < 1.29 is 4.79 Å². The third kappa shape index (κ3) is 3.23. The number of halogens is 1. The normalized spacial score (nSPS) is 11.1. The lowest BCUT2D eigenvalue weighted by Gasteiger charge is -2.01. The lowest BCUT2D eigenvalue weighted by molar-refractivity contribution is -0.111. The monoisotopic (exact) mass is 340 g/mol. The minimum atomic E-state index is -0.154. The fraction of sp³-hybridized carbons (Fsp3) is 0. The van der Waals surface area contributed by atoms with Gasteiger partial charge in [0.25, 0.3) is 0 Å². The van der Waals surface area contributed by atoms with Crippen LogP contribution in [0, 0.1) is 0 Å². The van der Waals surface area contributed by atoms with Gasteiger partial charge in [0.15, 0.2) is 0 Å². The van der Waals surface area contributed by atoms with Crippen LogP contribution >= 0.6 is 15.9 Å². The summed E-state index contributed by atoms with van der Waals surface area (Å²) in [5.41, 5.74) is 2.82. The predicted octanol–water partition coefficient (Wildman–Crippen LogP) is 4.58. The number of nitrogens with one attached hydrogen (secondary N) is 2. The molecule has 21 heavy (non-hydrogen) atoms. The van der Waals surface area contributed by atoms with Gasteiger partial charge >= 0.3 is 0 Å². The van der Waals surface area contributed by atoms with Crippen LogP contribution in [0.1, 0.15) is 5.56 Å². The highest BCUT2D eigenvalue weighted by atomic mass is 79.9. The molecule has 0 bridgehead atoms. The van der Waals surface area contributed by atoms with E-state index < -0.39 is 0 Å². The molecule has 0 atom stereocenters. The van der Waals surface area contributed by atoms with Crippen molar-refractivity contribution in [1.82, 2.24) is 4.98 Å². The second kappa shape index (κ2) is 5.97. The number of amides is 1. The van der Waals surface area contributed by atoms with E-state index in [1.807, 2.05) is 60.8 Å². The molecule has 1 aromatic heterocycles.